The van der Waals surface area contributed by atoms with E-state index in [1.807, 2.05) is 5.59 Å². The number of hydrazine groups is 1. The fourth-order valence-electron chi connectivity index (χ4n) is 1.03. The molecule has 0 radical (unpaired) electrons. The van der Waals surface area contributed by atoms with E-state index < -0.39 is 5.97 Å². The molecule has 5 nitrogen and oxygen atoms in total. The molecule has 1 saturated carbocycles. The number of rotatable bonds is 7. The maximum Gasteiger partial charge on any atom is 0.328 e. The van der Waals surface area contributed by atoms with Gasteiger partial charge in [-0.3, -0.25) is 4.79 Å². The van der Waals surface area contributed by atoms with Crippen LogP contribution in [-0.4, -0.2) is 19.2 Å². The van der Waals surface area contributed by atoms with Gasteiger partial charge in [-0.2, -0.15) is 0 Å². The first kappa shape index (κ1) is 10.4. The number of nitrogens with one attached hydrogen (secondary N) is 1. The highest BCUT2D eigenvalue weighted by Gasteiger charge is 2.20. The van der Waals surface area contributed by atoms with Gasteiger partial charge in [0.2, 0.25) is 0 Å². The highest BCUT2D eigenvalue weighted by Crippen LogP contribution is 2.31. The number of ether oxygens (including phenoxy) is 1. The lowest BCUT2D eigenvalue weighted by Gasteiger charge is -2.02. The maximum absolute atomic E-state index is 10.7. The Morgan fingerprint density at radius 3 is 2.85 bits per heavy atom. The first-order chi connectivity index (χ1) is 6.33. The van der Waals surface area contributed by atoms with Crippen LogP contribution in [0.2, 0.25) is 0 Å². The summed E-state index contributed by atoms with van der Waals surface area (Å²) in [5.41, 5.74) is 1.83. The Hall–Kier alpha value is -0.650. The summed E-state index contributed by atoms with van der Waals surface area (Å²) in [5.74, 6) is 5.25. The normalized spacial score (nSPS) is 15.8. The van der Waals surface area contributed by atoms with E-state index in [2.05, 4.69) is 4.84 Å². The third-order valence-electron chi connectivity index (χ3n) is 1.99. The van der Waals surface area contributed by atoms with Crippen LogP contribution in [0, 0.1) is 5.92 Å². The number of carbonyl (C=O) groups is 1. The largest absolute Gasteiger partial charge is 0.381 e. The van der Waals surface area contributed by atoms with Gasteiger partial charge in [-0.1, -0.05) is 18.4 Å². The molecule has 0 atom stereocenters. The Morgan fingerprint density at radius 2 is 2.23 bits per heavy atom. The zero-order valence-corrected chi connectivity index (χ0v) is 7.62. The molecule has 13 heavy (non-hydrogen) atoms. The van der Waals surface area contributed by atoms with Crippen LogP contribution in [0.5, 0.6) is 0 Å². The van der Waals surface area contributed by atoms with Crippen molar-refractivity contribution in [3.63, 3.8) is 0 Å². The van der Waals surface area contributed by atoms with Crippen LogP contribution in [0.1, 0.15) is 25.7 Å². The molecule has 0 heterocycles. The molecule has 0 aromatic rings. The number of nitrogens with two attached hydrogens (primary N) is 1. The third-order valence-corrected chi connectivity index (χ3v) is 1.99. The van der Waals surface area contributed by atoms with Crippen LogP contribution < -0.4 is 11.4 Å². The quantitative estimate of drug-likeness (QED) is 0.337. The van der Waals surface area contributed by atoms with Crippen LogP contribution in [0.4, 0.5) is 0 Å². The van der Waals surface area contributed by atoms with Crippen molar-refractivity contribution in [2.45, 2.75) is 25.7 Å². The van der Waals surface area contributed by atoms with Crippen LogP contribution in [0.25, 0.3) is 0 Å². The van der Waals surface area contributed by atoms with Crippen molar-refractivity contribution in [2.24, 2.45) is 11.8 Å². The Bertz CT molecular complexity index is 159. The third kappa shape index (κ3) is 5.57. The molecular weight excluding hydrogens is 172 g/mol. The van der Waals surface area contributed by atoms with Crippen molar-refractivity contribution < 1.29 is 14.4 Å². The van der Waals surface area contributed by atoms with Crippen molar-refractivity contribution in [2.75, 3.05) is 13.2 Å². The van der Waals surface area contributed by atoms with Crippen LogP contribution in [0.3, 0.4) is 0 Å². The number of carbonyl (C=O) groups excluding carboxylic acids is 1. The van der Waals surface area contributed by atoms with E-state index in [9.17, 15) is 4.79 Å². The SMILES string of the molecule is NNOC(=O)CCOCCC1CC1. The van der Waals surface area contributed by atoms with Gasteiger partial charge in [0.1, 0.15) is 0 Å². The van der Waals surface area contributed by atoms with Crippen LogP contribution in [0.15, 0.2) is 0 Å². The minimum absolute atomic E-state index is 0.245. The molecular formula is C8H16N2O3. The maximum atomic E-state index is 10.7. The van der Waals surface area contributed by atoms with Crippen molar-refractivity contribution >= 4 is 5.97 Å². The van der Waals surface area contributed by atoms with Gasteiger partial charge in [0, 0.05) is 6.61 Å². The summed E-state index contributed by atoms with van der Waals surface area (Å²) in [6.45, 7) is 1.15. The first-order valence-electron chi connectivity index (χ1n) is 4.56. The van der Waals surface area contributed by atoms with Gasteiger partial charge in [-0.25, -0.2) is 5.84 Å². The topological polar surface area (TPSA) is 73.6 Å². The van der Waals surface area contributed by atoms with Crippen molar-refractivity contribution in [1.29, 1.82) is 0 Å². The minimum atomic E-state index is -0.395. The smallest absolute Gasteiger partial charge is 0.328 e. The van der Waals surface area contributed by atoms with Gasteiger partial charge >= 0.3 is 5.97 Å². The van der Waals surface area contributed by atoms with E-state index in [0.717, 1.165) is 18.9 Å². The van der Waals surface area contributed by atoms with Gasteiger partial charge in [0.15, 0.2) is 0 Å². The Kier molecular flexibility index (Phi) is 4.74. The molecule has 5 heteroatoms. The zero-order chi connectivity index (χ0) is 9.52. The van der Waals surface area contributed by atoms with Gasteiger partial charge in [0.05, 0.1) is 13.0 Å². The van der Waals surface area contributed by atoms with Crippen molar-refractivity contribution in [1.82, 2.24) is 5.59 Å². The number of hydrogen-bond donors (Lipinski definition) is 2. The summed E-state index contributed by atoms with van der Waals surface area (Å²) < 4.78 is 5.23. The van der Waals surface area contributed by atoms with E-state index >= 15 is 0 Å². The van der Waals surface area contributed by atoms with Crippen molar-refractivity contribution in [3.05, 3.63) is 0 Å². The lowest BCUT2D eigenvalue weighted by Crippen LogP contribution is -2.26. The van der Waals surface area contributed by atoms with E-state index in [1.54, 1.807) is 0 Å². The second-order valence-corrected chi connectivity index (χ2v) is 3.19. The molecule has 1 aliphatic carbocycles. The van der Waals surface area contributed by atoms with Gasteiger partial charge in [-0.05, 0) is 12.3 Å². The predicted molar refractivity (Wildman–Crippen MR) is 46.2 cm³/mol. The Labute approximate surface area is 77.5 Å². The highest BCUT2D eigenvalue weighted by molar-refractivity contribution is 5.69. The van der Waals surface area contributed by atoms with Crippen molar-refractivity contribution in [3.8, 4) is 0 Å². The van der Waals surface area contributed by atoms with Crippen LogP contribution in [-0.2, 0) is 14.4 Å². The molecule has 76 valence electrons. The Morgan fingerprint density at radius 1 is 1.46 bits per heavy atom. The summed E-state index contributed by atoms with van der Waals surface area (Å²) in [7, 11) is 0. The van der Waals surface area contributed by atoms with Gasteiger partial charge in [0.25, 0.3) is 0 Å². The average molecular weight is 188 g/mol. The second-order valence-electron chi connectivity index (χ2n) is 3.19. The summed E-state index contributed by atoms with van der Waals surface area (Å²) in [6.07, 6.45) is 4.03. The standard InChI is InChI=1S/C8H16N2O3/c9-10-13-8(11)4-6-12-5-3-7-1-2-7/h7,10H,1-6,9H2. The molecule has 0 unspecified atom stereocenters. The molecule has 3 N–H and O–H groups in total. The minimum Gasteiger partial charge on any atom is -0.381 e. The summed E-state index contributed by atoms with van der Waals surface area (Å²) in [5, 5.41) is 0. The van der Waals surface area contributed by atoms with E-state index in [4.69, 9.17) is 10.6 Å². The predicted octanol–water partition coefficient (Wildman–Crippen LogP) is 0.115. The lowest BCUT2D eigenvalue weighted by molar-refractivity contribution is -0.152. The van der Waals surface area contributed by atoms with Gasteiger partial charge < -0.3 is 9.57 Å². The molecule has 1 aliphatic rings. The molecule has 0 saturated heterocycles. The van der Waals surface area contributed by atoms with E-state index in [1.165, 1.54) is 12.8 Å². The van der Waals surface area contributed by atoms with E-state index in [0.29, 0.717) is 6.61 Å². The molecule has 0 amide bonds. The zero-order valence-electron chi connectivity index (χ0n) is 7.62. The molecule has 0 aromatic heterocycles. The number of hydrogen-bond acceptors (Lipinski definition) is 5. The second kappa shape index (κ2) is 5.90. The van der Waals surface area contributed by atoms with E-state index in [-0.39, 0.29) is 6.42 Å². The monoisotopic (exact) mass is 188 g/mol. The fraction of sp³-hybridized carbons (Fsp3) is 0.875. The molecule has 1 fully saturated rings. The molecule has 0 spiro atoms. The highest BCUT2D eigenvalue weighted by atomic mass is 16.7. The lowest BCUT2D eigenvalue weighted by atomic mass is 10.3. The molecule has 0 aliphatic heterocycles. The van der Waals surface area contributed by atoms with Crippen LogP contribution >= 0.6 is 0 Å². The molecule has 0 bridgehead atoms. The average Bonchev–Trinajstić information content (AvgIpc) is 2.88. The summed E-state index contributed by atoms with van der Waals surface area (Å²) >= 11 is 0. The molecule has 1 rings (SSSR count). The first-order valence-corrected chi connectivity index (χ1v) is 4.56. The van der Waals surface area contributed by atoms with Gasteiger partial charge in [-0.15, -0.1) is 0 Å². The Balaban J connectivity index is 1.79. The summed E-state index contributed by atoms with van der Waals surface area (Å²) in [4.78, 5) is 15.0. The summed E-state index contributed by atoms with van der Waals surface area (Å²) in [6, 6.07) is 0. The fourth-order valence-corrected chi connectivity index (χ4v) is 1.03. The molecule has 0 aromatic carbocycles.